The first-order valence-corrected chi connectivity index (χ1v) is 6.95. The first-order valence-electron chi connectivity index (χ1n) is 6.07. The predicted octanol–water partition coefficient (Wildman–Crippen LogP) is 2.55. The van der Waals surface area contributed by atoms with E-state index in [-0.39, 0.29) is 6.04 Å². The SMILES string of the molecule is NCC(c1cccnc1)n1ccnc1-c1cccs1. The van der Waals surface area contributed by atoms with Crippen molar-refractivity contribution in [2.75, 3.05) is 6.54 Å². The van der Waals surface area contributed by atoms with E-state index in [0.717, 1.165) is 16.3 Å². The third kappa shape index (κ3) is 2.30. The Kier molecular flexibility index (Phi) is 3.39. The van der Waals surface area contributed by atoms with Crippen LogP contribution in [0.2, 0.25) is 0 Å². The van der Waals surface area contributed by atoms with Gasteiger partial charge in [0.15, 0.2) is 5.82 Å². The summed E-state index contributed by atoms with van der Waals surface area (Å²) in [5.74, 6) is 0.953. The third-order valence-corrected chi connectivity index (χ3v) is 3.90. The number of rotatable bonds is 4. The number of hydrogen-bond acceptors (Lipinski definition) is 4. The second-order valence-electron chi connectivity index (χ2n) is 4.17. The lowest BCUT2D eigenvalue weighted by Crippen LogP contribution is -2.20. The Hall–Kier alpha value is -1.98. The second kappa shape index (κ2) is 5.34. The van der Waals surface area contributed by atoms with Gasteiger partial charge in [-0.2, -0.15) is 0 Å². The van der Waals surface area contributed by atoms with Gasteiger partial charge in [-0.1, -0.05) is 12.1 Å². The van der Waals surface area contributed by atoms with Gasteiger partial charge in [-0.15, -0.1) is 11.3 Å². The number of pyridine rings is 1. The number of hydrogen-bond donors (Lipinski definition) is 1. The molecule has 0 aromatic carbocycles. The van der Waals surface area contributed by atoms with Gasteiger partial charge in [0, 0.05) is 31.3 Å². The monoisotopic (exact) mass is 270 g/mol. The van der Waals surface area contributed by atoms with Crippen LogP contribution in [-0.4, -0.2) is 21.1 Å². The van der Waals surface area contributed by atoms with Crippen molar-refractivity contribution in [1.82, 2.24) is 14.5 Å². The van der Waals surface area contributed by atoms with Crippen molar-refractivity contribution in [3.63, 3.8) is 0 Å². The van der Waals surface area contributed by atoms with Gasteiger partial charge < -0.3 is 10.3 Å². The zero-order valence-corrected chi connectivity index (χ0v) is 11.1. The van der Waals surface area contributed by atoms with Crippen LogP contribution in [0, 0.1) is 0 Å². The molecule has 0 fully saturated rings. The Labute approximate surface area is 115 Å². The van der Waals surface area contributed by atoms with Crippen LogP contribution in [0.5, 0.6) is 0 Å². The van der Waals surface area contributed by atoms with Crippen molar-refractivity contribution in [1.29, 1.82) is 0 Å². The van der Waals surface area contributed by atoms with E-state index in [9.17, 15) is 0 Å². The minimum Gasteiger partial charge on any atom is -0.328 e. The molecule has 0 radical (unpaired) electrons. The summed E-state index contributed by atoms with van der Waals surface area (Å²) in [5, 5.41) is 2.05. The molecule has 0 aliphatic carbocycles. The predicted molar refractivity (Wildman–Crippen MR) is 77.0 cm³/mol. The Bertz CT molecular complexity index is 631. The zero-order valence-electron chi connectivity index (χ0n) is 10.3. The van der Waals surface area contributed by atoms with Crippen LogP contribution in [0.25, 0.3) is 10.7 Å². The second-order valence-corrected chi connectivity index (χ2v) is 5.12. The molecule has 5 heteroatoms. The van der Waals surface area contributed by atoms with Crippen molar-refractivity contribution in [2.24, 2.45) is 5.73 Å². The quantitative estimate of drug-likeness (QED) is 0.792. The fraction of sp³-hybridized carbons (Fsp3) is 0.143. The van der Waals surface area contributed by atoms with Crippen LogP contribution >= 0.6 is 11.3 Å². The van der Waals surface area contributed by atoms with Crippen molar-refractivity contribution >= 4 is 11.3 Å². The van der Waals surface area contributed by atoms with Gasteiger partial charge in [0.05, 0.1) is 10.9 Å². The summed E-state index contributed by atoms with van der Waals surface area (Å²) in [5.41, 5.74) is 7.04. The first kappa shape index (κ1) is 12.1. The molecule has 3 aromatic rings. The number of imidazole rings is 1. The molecule has 19 heavy (non-hydrogen) atoms. The van der Waals surface area contributed by atoms with Crippen LogP contribution in [-0.2, 0) is 0 Å². The van der Waals surface area contributed by atoms with Gasteiger partial charge in [0.2, 0.25) is 0 Å². The molecule has 96 valence electrons. The lowest BCUT2D eigenvalue weighted by atomic mass is 10.1. The maximum Gasteiger partial charge on any atom is 0.150 e. The Morgan fingerprint density at radius 2 is 2.21 bits per heavy atom. The fourth-order valence-electron chi connectivity index (χ4n) is 2.14. The summed E-state index contributed by atoms with van der Waals surface area (Å²) < 4.78 is 2.11. The van der Waals surface area contributed by atoms with Crippen LogP contribution in [0.1, 0.15) is 11.6 Å². The smallest absolute Gasteiger partial charge is 0.150 e. The van der Waals surface area contributed by atoms with E-state index in [1.807, 2.05) is 36.8 Å². The zero-order chi connectivity index (χ0) is 13.1. The topological polar surface area (TPSA) is 56.7 Å². The molecule has 0 spiro atoms. The van der Waals surface area contributed by atoms with E-state index in [2.05, 4.69) is 26.0 Å². The molecule has 2 N–H and O–H groups in total. The van der Waals surface area contributed by atoms with Gasteiger partial charge in [0.25, 0.3) is 0 Å². The Morgan fingerprint density at radius 1 is 1.26 bits per heavy atom. The van der Waals surface area contributed by atoms with E-state index in [1.54, 1.807) is 17.5 Å². The summed E-state index contributed by atoms with van der Waals surface area (Å²) in [6, 6.07) is 8.14. The van der Waals surface area contributed by atoms with Crippen LogP contribution in [0.3, 0.4) is 0 Å². The molecule has 0 bridgehead atoms. The standard InChI is InChI=1S/C14H14N4S/c15-9-12(11-3-1-5-16-10-11)18-7-6-17-14(18)13-4-2-8-19-13/h1-8,10,12H,9,15H2. The van der Waals surface area contributed by atoms with Gasteiger partial charge in [-0.3, -0.25) is 4.98 Å². The molecule has 0 aliphatic rings. The number of thiophene rings is 1. The minimum atomic E-state index is 0.0632. The highest BCUT2D eigenvalue weighted by Gasteiger charge is 2.16. The molecule has 0 saturated carbocycles. The molecule has 0 saturated heterocycles. The highest BCUT2D eigenvalue weighted by Crippen LogP contribution is 2.27. The summed E-state index contributed by atoms with van der Waals surface area (Å²) in [6.45, 7) is 0.514. The Balaban J connectivity index is 2.04. The maximum atomic E-state index is 5.95. The van der Waals surface area contributed by atoms with Crippen LogP contribution in [0.4, 0.5) is 0 Å². The van der Waals surface area contributed by atoms with E-state index in [0.29, 0.717) is 6.54 Å². The van der Waals surface area contributed by atoms with E-state index >= 15 is 0 Å². The number of nitrogens with two attached hydrogens (primary N) is 1. The summed E-state index contributed by atoms with van der Waals surface area (Å²) in [4.78, 5) is 9.77. The first-order chi connectivity index (χ1) is 9.40. The van der Waals surface area contributed by atoms with E-state index in [4.69, 9.17) is 5.73 Å². The van der Waals surface area contributed by atoms with Crippen molar-refractivity contribution in [3.05, 3.63) is 60.0 Å². The largest absolute Gasteiger partial charge is 0.328 e. The molecule has 4 nitrogen and oxygen atoms in total. The van der Waals surface area contributed by atoms with Crippen molar-refractivity contribution in [3.8, 4) is 10.7 Å². The molecular formula is C14H14N4S. The summed E-state index contributed by atoms with van der Waals surface area (Å²) in [6.07, 6.45) is 7.41. The lowest BCUT2D eigenvalue weighted by Gasteiger charge is -2.18. The van der Waals surface area contributed by atoms with Crippen LogP contribution < -0.4 is 5.73 Å². The fourth-order valence-corrected chi connectivity index (χ4v) is 2.87. The van der Waals surface area contributed by atoms with Gasteiger partial charge >= 0.3 is 0 Å². The average Bonchev–Trinajstić information content (AvgIpc) is 3.11. The van der Waals surface area contributed by atoms with Crippen molar-refractivity contribution < 1.29 is 0 Å². The molecule has 1 atom stereocenters. The van der Waals surface area contributed by atoms with Crippen LogP contribution in [0.15, 0.2) is 54.4 Å². The van der Waals surface area contributed by atoms with Crippen molar-refractivity contribution in [2.45, 2.75) is 6.04 Å². The maximum absolute atomic E-state index is 5.95. The molecule has 1 unspecified atom stereocenters. The highest BCUT2D eigenvalue weighted by atomic mass is 32.1. The molecule has 3 heterocycles. The van der Waals surface area contributed by atoms with E-state index in [1.165, 1.54) is 0 Å². The van der Waals surface area contributed by atoms with E-state index < -0.39 is 0 Å². The number of nitrogens with zero attached hydrogens (tertiary/aromatic N) is 3. The minimum absolute atomic E-state index is 0.0632. The summed E-state index contributed by atoms with van der Waals surface area (Å²) >= 11 is 1.68. The average molecular weight is 270 g/mol. The summed E-state index contributed by atoms with van der Waals surface area (Å²) in [7, 11) is 0. The normalized spacial score (nSPS) is 12.5. The third-order valence-electron chi connectivity index (χ3n) is 3.04. The lowest BCUT2D eigenvalue weighted by molar-refractivity contribution is 0.599. The molecule has 0 aliphatic heterocycles. The van der Waals surface area contributed by atoms with Gasteiger partial charge in [0.1, 0.15) is 0 Å². The Morgan fingerprint density at radius 3 is 2.89 bits per heavy atom. The molecule has 3 rings (SSSR count). The molecule has 0 amide bonds. The molecule has 3 aromatic heterocycles. The molecular weight excluding hydrogens is 256 g/mol. The highest BCUT2D eigenvalue weighted by molar-refractivity contribution is 7.13. The van der Waals surface area contributed by atoms with Gasteiger partial charge in [-0.25, -0.2) is 4.98 Å². The van der Waals surface area contributed by atoms with Gasteiger partial charge in [-0.05, 0) is 23.1 Å². The number of aromatic nitrogens is 3.